The number of rotatable bonds is 4. The molecule has 0 aliphatic rings. The Morgan fingerprint density at radius 2 is 2.05 bits per heavy atom. The van der Waals surface area contributed by atoms with Gasteiger partial charge in [0.25, 0.3) is 15.7 Å². The number of nitro benzene ring substituents is 1. The first-order valence-electron chi connectivity index (χ1n) is 5.30. The second kappa shape index (κ2) is 5.69. The van der Waals surface area contributed by atoms with Crippen molar-refractivity contribution >= 4 is 44.3 Å². The summed E-state index contributed by atoms with van der Waals surface area (Å²) in [4.78, 5) is 10.4. The first kappa shape index (κ1) is 15.2. The summed E-state index contributed by atoms with van der Waals surface area (Å²) >= 11 is 6.42. The lowest BCUT2D eigenvalue weighted by Gasteiger charge is -2.06. The van der Waals surface area contributed by atoms with Crippen molar-refractivity contribution in [1.82, 2.24) is 0 Å². The third-order valence-electron chi connectivity index (χ3n) is 2.36. The van der Waals surface area contributed by atoms with E-state index >= 15 is 0 Å². The molecule has 0 spiro atoms. The van der Waals surface area contributed by atoms with Crippen molar-refractivity contribution in [3.63, 3.8) is 0 Å². The SMILES string of the molecule is N#Cc1ccc(S(=O)(=O)Nc2ccc(Cl)cc2[N+](=O)[O-])s1. The summed E-state index contributed by atoms with van der Waals surface area (Å²) in [5.74, 6) is 0. The molecule has 0 aliphatic heterocycles. The smallest absolute Gasteiger partial charge is 0.272 e. The van der Waals surface area contributed by atoms with Gasteiger partial charge in [0.15, 0.2) is 0 Å². The second-order valence-corrected chi connectivity index (χ2v) is 7.18. The zero-order valence-electron chi connectivity index (χ0n) is 10.1. The molecule has 2 aromatic rings. The van der Waals surface area contributed by atoms with Crippen LogP contribution in [0.5, 0.6) is 0 Å². The second-order valence-electron chi connectivity index (χ2n) is 3.75. The number of halogens is 1. The average molecular weight is 344 g/mol. The highest BCUT2D eigenvalue weighted by molar-refractivity contribution is 7.94. The molecule has 10 heteroatoms. The van der Waals surface area contributed by atoms with Crippen molar-refractivity contribution in [3.05, 3.63) is 50.3 Å². The van der Waals surface area contributed by atoms with E-state index in [1.54, 1.807) is 0 Å². The number of sulfonamides is 1. The molecule has 2 rings (SSSR count). The molecule has 1 heterocycles. The molecule has 21 heavy (non-hydrogen) atoms. The minimum absolute atomic E-state index is 0.108. The lowest BCUT2D eigenvalue weighted by atomic mass is 10.3. The van der Waals surface area contributed by atoms with E-state index in [0.717, 1.165) is 17.4 Å². The molecular formula is C11H6ClN3O4S2. The highest BCUT2D eigenvalue weighted by Gasteiger charge is 2.22. The van der Waals surface area contributed by atoms with Gasteiger partial charge in [-0.3, -0.25) is 14.8 Å². The van der Waals surface area contributed by atoms with Crippen LogP contribution in [0.4, 0.5) is 11.4 Å². The highest BCUT2D eigenvalue weighted by atomic mass is 35.5. The van der Waals surface area contributed by atoms with E-state index in [1.165, 1.54) is 24.3 Å². The Morgan fingerprint density at radius 1 is 1.33 bits per heavy atom. The molecule has 0 amide bonds. The monoisotopic (exact) mass is 343 g/mol. The van der Waals surface area contributed by atoms with E-state index in [-0.39, 0.29) is 19.8 Å². The van der Waals surface area contributed by atoms with Crippen molar-refractivity contribution < 1.29 is 13.3 Å². The fourth-order valence-electron chi connectivity index (χ4n) is 1.46. The molecule has 0 saturated heterocycles. The van der Waals surface area contributed by atoms with Gasteiger partial charge >= 0.3 is 0 Å². The van der Waals surface area contributed by atoms with Crippen molar-refractivity contribution in [2.75, 3.05) is 4.72 Å². The third-order valence-corrected chi connectivity index (χ3v) is 5.44. The predicted molar refractivity (Wildman–Crippen MR) is 77.9 cm³/mol. The van der Waals surface area contributed by atoms with Gasteiger partial charge in [0.2, 0.25) is 0 Å². The van der Waals surface area contributed by atoms with Crippen molar-refractivity contribution in [3.8, 4) is 6.07 Å². The van der Waals surface area contributed by atoms with Crippen molar-refractivity contribution in [2.24, 2.45) is 0 Å². The molecule has 0 saturated carbocycles. The first-order chi connectivity index (χ1) is 9.83. The van der Waals surface area contributed by atoms with Crippen LogP contribution in [0.15, 0.2) is 34.5 Å². The molecule has 7 nitrogen and oxygen atoms in total. The standard InChI is InChI=1S/C11H6ClN3O4S2/c12-7-1-3-9(10(5-7)15(16)17)14-21(18,19)11-4-2-8(6-13)20-11/h1-5,14H. The summed E-state index contributed by atoms with van der Waals surface area (Å²) < 4.78 is 26.3. The number of thiophene rings is 1. The Hall–Kier alpha value is -2.15. The first-order valence-corrected chi connectivity index (χ1v) is 7.98. The van der Waals surface area contributed by atoms with Crippen LogP contribution in [0.2, 0.25) is 5.02 Å². The highest BCUT2D eigenvalue weighted by Crippen LogP contribution is 2.31. The Labute approximate surface area is 128 Å². The molecular weight excluding hydrogens is 338 g/mol. The van der Waals surface area contributed by atoms with Gasteiger partial charge < -0.3 is 0 Å². The van der Waals surface area contributed by atoms with Crippen LogP contribution in [-0.4, -0.2) is 13.3 Å². The van der Waals surface area contributed by atoms with E-state index in [2.05, 4.69) is 4.72 Å². The maximum Gasteiger partial charge on any atom is 0.294 e. The van der Waals surface area contributed by atoms with Crippen LogP contribution in [0.25, 0.3) is 0 Å². The normalized spacial score (nSPS) is 10.9. The summed E-state index contributed by atoms with van der Waals surface area (Å²) in [5.41, 5.74) is -0.653. The Morgan fingerprint density at radius 3 is 2.62 bits per heavy atom. The minimum Gasteiger partial charge on any atom is -0.272 e. The number of nitro groups is 1. The summed E-state index contributed by atoms with van der Waals surface area (Å²) in [6.45, 7) is 0. The van der Waals surface area contributed by atoms with Crippen LogP contribution in [0.1, 0.15) is 4.88 Å². The number of hydrogen-bond acceptors (Lipinski definition) is 6. The number of hydrogen-bond donors (Lipinski definition) is 1. The van der Waals surface area contributed by atoms with Crippen LogP contribution in [0.3, 0.4) is 0 Å². The average Bonchev–Trinajstić information content (AvgIpc) is 2.90. The Bertz CT molecular complexity index is 855. The molecule has 0 radical (unpaired) electrons. The van der Waals surface area contributed by atoms with Crippen LogP contribution < -0.4 is 4.72 Å². The van der Waals surface area contributed by atoms with Gasteiger partial charge in [0, 0.05) is 11.1 Å². The maximum atomic E-state index is 12.1. The fraction of sp³-hybridized carbons (Fsp3) is 0. The van der Waals surface area contributed by atoms with Gasteiger partial charge in [-0.2, -0.15) is 5.26 Å². The molecule has 1 N–H and O–H groups in total. The van der Waals surface area contributed by atoms with Gasteiger partial charge in [-0.25, -0.2) is 8.42 Å². The lowest BCUT2D eigenvalue weighted by Crippen LogP contribution is -2.12. The molecule has 0 unspecified atom stereocenters. The molecule has 0 aliphatic carbocycles. The van der Waals surface area contributed by atoms with Gasteiger partial charge in [0.1, 0.15) is 20.8 Å². The number of anilines is 1. The quantitative estimate of drug-likeness (QED) is 0.677. The molecule has 0 bridgehead atoms. The number of nitriles is 1. The van der Waals surface area contributed by atoms with E-state index in [0.29, 0.717) is 0 Å². The third kappa shape index (κ3) is 3.30. The largest absolute Gasteiger partial charge is 0.294 e. The molecule has 1 aromatic heterocycles. The zero-order valence-corrected chi connectivity index (χ0v) is 12.5. The van der Waals surface area contributed by atoms with E-state index in [4.69, 9.17) is 16.9 Å². The number of benzene rings is 1. The Balaban J connectivity index is 2.42. The number of nitrogens with one attached hydrogen (secondary N) is 1. The van der Waals surface area contributed by atoms with E-state index < -0.39 is 20.6 Å². The van der Waals surface area contributed by atoms with Crippen molar-refractivity contribution in [1.29, 1.82) is 5.26 Å². The molecule has 108 valence electrons. The molecule has 0 atom stereocenters. The summed E-state index contributed by atoms with van der Waals surface area (Å²) in [5, 5.41) is 19.7. The van der Waals surface area contributed by atoms with Crippen molar-refractivity contribution in [2.45, 2.75) is 4.21 Å². The predicted octanol–water partition coefficient (Wildman–Crippen LogP) is 2.98. The van der Waals surface area contributed by atoms with E-state index in [1.807, 2.05) is 6.07 Å². The fourth-order valence-corrected chi connectivity index (χ4v) is 3.81. The summed E-state index contributed by atoms with van der Waals surface area (Å²) in [6, 6.07) is 8.03. The van der Waals surface area contributed by atoms with Crippen LogP contribution in [0, 0.1) is 21.4 Å². The van der Waals surface area contributed by atoms with Gasteiger partial charge in [-0.05, 0) is 24.3 Å². The van der Waals surface area contributed by atoms with Gasteiger partial charge in [-0.15, -0.1) is 11.3 Å². The summed E-state index contributed by atoms with van der Waals surface area (Å²) in [6.07, 6.45) is 0. The number of nitrogens with zero attached hydrogens (tertiary/aromatic N) is 2. The van der Waals surface area contributed by atoms with E-state index in [9.17, 15) is 18.5 Å². The Kier molecular flexibility index (Phi) is 4.13. The zero-order chi connectivity index (χ0) is 15.6. The van der Waals surface area contributed by atoms with Gasteiger partial charge in [-0.1, -0.05) is 11.6 Å². The topological polar surface area (TPSA) is 113 Å². The molecule has 0 fully saturated rings. The van der Waals surface area contributed by atoms with Crippen LogP contribution >= 0.6 is 22.9 Å². The summed E-state index contributed by atoms with van der Waals surface area (Å²) in [7, 11) is -4.00. The molecule has 1 aromatic carbocycles. The van der Waals surface area contributed by atoms with Gasteiger partial charge in [0.05, 0.1) is 4.92 Å². The minimum atomic E-state index is -4.00. The maximum absolute atomic E-state index is 12.1. The van der Waals surface area contributed by atoms with Crippen LogP contribution in [-0.2, 0) is 10.0 Å². The lowest BCUT2D eigenvalue weighted by molar-refractivity contribution is -0.383.